The van der Waals surface area contributed by atoms with Gasteiger partial charge >= 0.3 is 0 Å². The van der Waals surface area contributed by atoms with E-state index in [-0.39, 0.29) is 0 Å². The Kier molecular flexibility index (Phi) is 1.82. The number of rotatable bonds is 0. The molecule has 0 fully saturated rings. The largest absolute Gasteiger partial charge is 0.0655 e. The number of fused-ring (bicyclic) bond motifs is 1. The van der Waals surface area contributed by atoms with Crippen molar-refractivity contribution in [3.8, 4) is 0 Å². The Bertz CT molecular complexity index is 419. The zero-order chi connectivity index (χ0) is 8.23. The Hall–Kier alpha value is -1.70. The van der Waals surface area contributed by atoms with Crippen LogP contribution in [0.3, 0.4) is 0 Å². The predicted octanol–water partition coefficient (Wildman–Crippen LogP) is 2.72. The van der Waals surface area contributed by atoms with E-state index in [1.54, 1.807) is 0 Å². The summed E-state index contributed by atoms with van der Waals surface area (Å²) in [6, 6.07) is 8.29. The summed E-state index contributed by atoms with van der Waals surface area (Å²) in [4.78, 5) is 0. The second-order valence-corrected chi connectivity index (χ2v) is 2.67. The normalized spacial score (nSPS) is 12.3. The van der Waals surface area contributed by atoms with Gasteiger partial charge in [0.15, 0.2) is 0 Å². The molecule has 0 aromatic heterocycles. The van der Waals surface area contributed by atoms with Crippen LogP contribution in [0.5, 0.6) is 0 Å². The third kappa shape index (κ3) is 1.32. The third-order valence-electron chi connectivity index (χ3n) is 1.85. The lowest BCUT2D eigenvalue weighted by atomic mass is 10.0. The van der Waals surface area contributed by atoms with Crippen LogP contribution in [0, 0.1) is 0 Å². The average molecular weight is 152 g/mol. The van der Waals surface area contributed by atoms with Crippen LogP contribution in [-0.4, -0.2) is 0 Å². The van der Waals surface area contributed by atoms with Crippen molar-refractivity contribution in [1.82, 2.24) is 0 Å². The third-order valence-corrected chi connectivity index (χ3v) is 1.85. The predicted molar refractivity (Wildman–Crippen MR) is 49.7 cm³/mol. The molecule has 2 rings (SSSR count). The van der Waals surface area contributed by atoms with E-state index in [1.165, 1.54) is 11.1 Å². The maximum Gasteiger partial charge on any atom is -0.000843 e. The van der Waals surface area contributed by atoms with Crippen LogP contribution < -0.4 is 0 Å². The number of hydrogen-bond donors (Lipinski definition) is 0. The fraction of sp³-hybridized carbons (Fsp3) is 0.0833. The summed E-state index contributed by atoms with van der Waals surface area (Å²) in [6.07, 6.45) is 4.84. The van der Waals surface area contributed by atoms with E-state index in [4.69, 9.17) is 0 Å². The molecular weight excluding hydrogens is 144 g/mol. The Morgan fingerprint density at radius 1 is 1.08 bits per heavy atom. The molecule has 0 saturated carbocycles. The Labute approximate surface area is 71.9 Å². The molecule has 0 unspecified atom stereocenters. The maximum atomic E-state index is 2.93. The highest BCUT2D eigenvalue weighted by Crippen LogP contribution is 2.11. The van der Waals surface area contributed by atoms with Crippen LogP contribution in [0.1, 0.15) is 11.1 Å². The number of benzene rings is 1. The van der Waals surface area contributed by atoms with Crippen molar-refractivity contribution in [2.24, 2.45) is 0 Å². The summed E-state index contributed by atoms with van der Waals surface area (Å²) < 4.78 is 0. The van der Waals surface area contributed by atoms with Crippen molar-refractivity contribution >= 4 is 6.08 Å². The van der Waals surface area contributed by atoms with Gasteiger partial charge in [-0.15, -0.1) is 0 Å². The fourth-order valence-electron chi connectivity index (χ4n) is 1.23. The van der Waals surface area contributed by atoms with E-state index >= 15 is 0 Å². The van der Waals surface area contributed by atoms with Crippen LogP contribution in [-0.2, 0) is 6.42 Å². The van der Waals surface area contributed by atoms with Gasteiger partial charge in [-0.05, 0) is 35.4 Å². The smallest absolute Gasteiger partial charge is 0.000843 e. The minimum atomic E-state index is 0.932. The molecule has 0 spiro atoms. The molecule has 0 amide bonds. The summed E-state index contributed by atoms with van der Waals surface area (Å²) in [6.45, 7) is 0. The molecule has 0 radical (unpaired) electrons. The van der Waals surface area contributed by atoms with Gasteiger partial charge in [-0.25, -0.2) is 0 Å². The van der Waals surface area contributed by atoms with Gasteiger partial charge in [-0.3, -0.25) is 0 Å². The lowest BCUT2D eigenvalue weighted by Gasteiger charge is -2.00. The van der Waals surface area contributed by atoms with Gasteiger partial charge < -0.3 is 0 Å². The molecule has 56 valence electrons. The summed E-state index contributed by atoms with van der Waals surface area (Å²) in [5.41, 5.74) is 11.2. The highest BCUT2D eigenvalue weighted by molar-refractivity contribution is 5.53. The molecule has 0 saturated heterocycles. The monoisotopic (exact) mass is 152 g/mol. The van der Waals surface area contributed by atoms with E-state index in [0.29, 0.717) is 0 Å². The van der Waals surface area contributed by atoms with Gasteiger partial charge in [0, 0.05) is 0 Å². The first-order chi connectivity index (χ1) is 5.97. The van der Waals surface area contributed by atoms with Crippen LogP contribution in [0.4, 0.5) is 0 Å². The van der Waals surface area contributed by atoms with E-state index < -0.39 is 0 Å². The molecule has 1 aromatic carbocycles. The van der Waals surface area contributed by atoms with Crippen molar-refractivity contribution < 1.29 is 0 Å². The Balaban J connectivity index is 2.64. The quantitative estimate of drug-likeness (QED) is 0.501. The second-order valence-electron chi connectivity index (χ2n) is 2.67. The fourth-order valence-corrected chi connectivity index (χ4v) is 1.23. The molecule has 0 atom stereocenters. The molecule has 0 heterocycles. The molecule has 0 bridgehead atoms. The standard InChI is InChI=1S/C12H8/c1-2-4-8-12-10-6-5-9-11(12)7-3-1/h3,5-6,8-10H,7H2. The SMILES string of the molecule is C1=C=CCc2ccccc2C=C=1. The topological polar surface area (TPSA) is 0 Å². The molecule has 0 aliphatic heterocycles. The van der Waals surface area contributed by atoms with E-state index in [9.17, 15) is 0 Å². The molecular formula is C12H8. The molecule has 0 nitrogen and oxygen atoms in total. The van der Waals surface area contributed by atoms with E-state index in [2.05, 4.69) is 35.4 Å². The van der Waals surface area contributed by atoms with Gasteiger partial charge in [0.25, 0.3) is 0 Å². The van der Waals surface area contributed by atoms with Crippen LogP contribution in [0.25, 0.3) is 6.08 Å². The second kappa shape index (κ2) is 3.13. The van der Waals surface area contributed by atoms with E-state index in [0.717, 1.165) is 6.42 Å². The Morgan fingerprint density at radius 2 is 2.00 bits per heavy atom. The Morgan fingerprint density at radius 3 is 3.00 bits per heavy atom. The minimum Gasteiger partial charge on any atom is -0.0655 e. The summed E-state index contributed by atoms with van der Waals surface area (Å²) in [5, 5.41) is 0. The summed E-state index contributed by atoms with van der Waals surface area (Å²) >= 11 is 0. The van der Waals surface area contributed by atoms with Crippen molar-refractivity contribution in [1.29, 1.82) is 0 Å². The highest BCUT2D eigenvalue weighted by Gasteiger charge is 1.95. The molecule has 0 N–H and O–H groups in total. The van der Waals surface area contributed by atoms with E-state index in [1.807, 2.05) is 18.2 Å². The summed E-state index contributed by atoms with van der Waals surface area (Å²) in [5.74, 6) is 0. The lowest BCUT2D eigenvalue weighted by molar-refractivity contribution is 1.26. The maximum absolute atomic E-state index is 2.93. The van der Waals surface area contributed by atoms with Gasteiger partial charge in [-0.1, -0.05) is 35.7 Å². The molecule has 1 aromatic rings. The average Bonchev–Trinajstić information content (AvgIpc) is 2.06. The van der Waals surface area contributed by atoms with Gasteiger partial charge in [-0.2, -0.15) is 0 Å². The minimum absolute atomic E-state index is 0.932. The van der Waals surface area contributed by atoms with Crippen LogP contribution >= 0.6 is 0 Å². The lowest BCUT2D eigenvalue weighted by Crippen LogP contribution is -1.85. The van der Waals surface area contributed by atoms with Crippen LogP contribution in [0.2, 0.25) is 0 Å². The number of hydrogen-bond acceptors (Lipinski definition) is 0. The van der Waals surface area contributed by atoms with Crippen molar-refractivity contribution in [2.75, 3.05) is 0 Å². The molecule has 1 aliphatic rings. The van der Waals surface area contributed by atoms with Crippen LogP contribution in [0.15, 0.2) is 47.5 Å². The van der Waals surface area contributed by atoms with Crippen molar-refractivity contribution in [3.63, 3.8) is 0 Å². The zero-order valence-corrected chi connectivity index (χ0v) is 6.67. The first-order valence-electron chi connectivity index (χ1n) is 3.96. The van der Waals surface area contributed by atoms with Gasteiger partial charge in [0.1, 0.15) is 0 Å². The first kappa shape index (κ1) is 6.98. The highest BCUT2D eigenvalue weighted by atomic mass is 14.0. The van der Waals surface area contributed by atoms with Crippen molar-refractivity contribution in [3.05, 3.63) is 58.7 Å². The van der Waals surface area contributed by atoms with Gasteiger partial charge in [0.05, 0.1) is 0 Å². The molecule has 12 heavy (non-hydrogen) atoms. The molecule has 1 aliphatic carbocycles. The molecule has 0 heteroatoms. The first-order valence-corrected chi connectivity index (χ1v) is 3.96. The number of allylic oxidation sites excluding steroid dienone is 1. The van der Waals surface area contributed by atoms with Gasteiger partial charge in [0.2, 0.25) is 0 Å². The van der Waals surface area contributed by atoms with Crippen molar-refractivity contribution in [2.45, 2.75) is 6.42 Å². The summed E-state index contributed by atoms with van der Waals surface area (Å²) in [7, 11) is 0. The zero-order valence-electron chi connectivity index (χ0n) is 6.67.